The Morgan fingerprint density at radius 1 is 1.45 bits per heavy atom. The Morgan fingerprint density at radius 3 is 2.80 bits per heavy atom. The van der Waals surface area contributed by atoms with Gasteiger partial charge in [-0.25, -0.2) is 14.8 Å². The zero-order chi connectivity index (χ0) is 14.8. The molecule has 0 saturated heterocycles. The van der Waals surface area contributed by atoms with Crippen LogP contribution in [0.1, 0.15) is 34.9 Å². The molecule has 20 heavy (non-hydrogen) atoms. The van der Waals surface area contributed by atoms with Crippen LogP contribution in [0.5, 0.6) is 0 Å². The molecular formula is C14H17N3O2S. The van der Waals surface area contributed by atoms with Gasteiger partial charge in [0.05, 0.1) is 0 Å². The summed E-state index contributed by atoms with van der Waals surface area (Å²) in [5, 5.41) is 14.2. The largest absolute Gasteiger partial charge is 0.477 e. The summed E-state index contributed by atoms with van der Waals surface area (Å²) < 4.78 is 0. The minimum Gasteiger partial charge on any atom is -0.477 e. The van der Waals surface area contributed by atoms with Crippen LogP contribution in [0.15, 0.2) is 23.6 Å². The number of aromatic nitrogens is 2. The molecule has 0 bridgehead atoms. The first-order valence-electron chi connectivity index (χ1n) is 6.25. The molecule has 0 radical (unpaired) electrons. The van der Waals surface area contributed by atoms with Gasteiger partial charge in [-0.3, -0.25) is 0 Å². The van der Waals surface area contributed by atoms with Crippen LogP contribution >= 0.6 is 11.3 Å². The standard InChI is InChI=1S/C14H17N3O2S/c1-9-7-10(12(18)19)17-13(16-9)15-8-14(2,3)11-5-4-6-20-11/h4-7H,8H2,1-3H3,(H,18,19)(H,15,16,17). The van der Waals surface area contributed by atoms with E-state index in [0.717, 1.165) is 0 Å². The summed E-state index contributed by atoms with van der Waals surface area (Å²) in [4.78, 5) is 20.5. The molecule has 0 atom stereocenters. The maximum Gasteiger partial charge on any atom is 0.354 e. The number of hydrogen-bond acceptors (Lipinski definition) is 5. The van der Waals surface area contributed by atoms with Gasteiger partial charge >= 0.3 is 5.97 Å². The molecule has 2 heterocycles. The summed E-state index contributed by atoms with van der Waals surface area (Å²) in [5.41, 5.74) is 0.577. The van der Waals surface area contributed by atoms with Crippen LogP contribution in [0.3, 0.4) is 0 Å². The number of rotatable bonds is 5. The molecule has 5 nitrogen and oxygen atoms in total. The number of carboxylic acids is 1. The molecule has 0 aliphatic carbocycles. The molecule has 2 aromatic rings. The van der Waals surface area contributed by atoms with E-state index in [0.29, 0.717) is 18.2 Å². The van der Waals surface area contributed by atoms with Crippen molar-refractivity contribution in [1.29, 1.82) is 0 Å². The fraction of sp³-hybridized carbons (Fsp3) is 0.357. The van der Waals surface area contributed by atoms with Gasteiger partial charge in [-0.1, -0.05) is 19.9 Å². The third-order valence-corrected chi connectivity index (χ3v) is 4.19. The fourth-order valence-corrected chi connectivity index (χ4v) is 2.66. The summed E-state index contributed by atoms with van der Waals surface area (Å²) in [6.07, 6.45) is 0. The van der Waals surface area contributed by atoms with Gasteiger partial charge < -0.3 is 10.4 Å². The van der Waals surface area contributed by atoms with Crippen LogP contribution in [0, 0.1) is 6.92 Å². The lowest BCUT2D eigenvalue weighted by molar-refractivity contribution is 0.0690. The van der Waals surface area contributed by atoms with Crippen LogP contribution in [-0.2, 0) is 5.41 Å². The van der Waals surface area contributed by atoms with E-state index in [1.54, 1.807) is 18.3 Å². The molecule has 0 aliphatic rings. The number of aryl methyl sites for hydroxylation is 1. The molecule has 106 valence electrons. The zero-order valence-electron chi connectivity index (χ0n) is 11.7. The third kappa shape index (κ3) is 3.33. The Kier molecular flexibility index (Phi) is 4.04. The van der Waals surface area contributed by atoms with Gasteiger partial charge in [-0.05, 0) is 24.4 Å². The minimum absolute atomic E-state index is 0.00827. The molecule has 0 unspecified atom stereocenters. The lowest BCUT2D eigenvalue weighted by atomic mass is 9.91. The molecule has 0 fully saturated rings. The molecule has 2 N–H and O–H groups in total. The average molecular weight is 291 g/mol. The van der Waals surface area contributed by atoms with E-state index < -0.39 is 5.97 Å². The van der Waals surface area contributed by atoms with E-state index in [1.807, 2.05) is 11.4 Å². The highest BCUT2D eigenvalue weighted by Crippen LogP contribution is 2.27. The van der Waals surface area contributed by atoms with E-state index >= 15 is 0 Å². The third-order valence-electron chi connectivity index (χ3n) is 2.95. The first-order chi connectivity index (χ1) is 9.38. The number of carboxylic acid groups (broad SMARTS) is 1. The summed E-state index contributed by atoms with van der Waals surface area (Å²) in [5.74, 6) is -0.692. The molecule has 0 amide bonds. The lowest BCUT2D eigenvalue weighted by Crippen LogP contribution is -2.27. The molecule has 2 aromatic heterocycles. The second-order valence-corrected chi connectivity index (χ2v) is 6.19. The molecule has 6 heteroatoms. The van der Waals surface area contributed by atoms with Crippen LogP contribution in [-0.4, -0.2) is 27.6 Å². The van der Waals surface area contributed by atoms with E-state index in [9.17, 15) is 4.79 Å². The van der Waals surface area contributed by atoms with Crippen molar-refractivity contribution in [1.82, 2.24) is 9.97 Å². The molecule has 0 aliphatic heterocycles. The Morgan fingerprint density at radius 2 is 2.20 bits per heavy atom. The number of aromatic carboxylic acids is 1. The number of thiophene rings is 1. The van der Waals surface area contributed by atoms with E-state index in [4.69, 9.17) is 5.11 Å². The minimum atomic E-state index is -1.05. The number of nitrogens with zero attached hydrogens (tertiary/aromatic N) is 2. The number of nitrogens with one attached hydrogen (secondary N) is 1. The Labute approximate surface area is 121 Å². The maximum absolute atomic E-state index is 11.0. The summed E-state index contributed by atoms with van der Waals surface area (Å²) >= 11 is 1.70. The smallest absolute Gasteiger partial charge is 0.354 e. The Hall–Kier alpha value is -1.95. The molecule has 0 spiro atoms. The number of hydrogen-bond donors (Lipinski definition) is 2. The predicted octanol–water partition coefficient (Wildman–Crippen LogP) is 2.93. The highest BCUT2D eigenvalue weighted by Gasteiger charge is 2.22. The van der Waals surface area contributed by atoms with Crippen molar-refractivity contribution < 1.29 is 9.90 Å². The van der Waals surface area contributed by atoms with Crippen molar-refractivity contribution >= 4 is 23.3 Å². The van der Waals surface area contributed by atoms with Gasteiger partial charge in [0.15, 0.2) is 5.69 Å². The van der Waals surface area contributed by atoms with Gasteiger partial charge in [-0.15, -0.1) is 11.3 Å². The summed E-state index contributed by atoms with van der Waals surface area (Å²) in [7, 11) is 0. The predicted molar refractivity (Wildman–Crippen MR) is 79.6 cm³/mol. The number of anilines is 1. The fourth-order valence-electron chi connectivity index (χ4n) is 1.81. The van der Waals surface area contributed by atoms with Crippen LogP contribution in [0.4, 0.5) is 5.95 Å². The van der Waals surface area contributed by atoms with Gasteiger partial charge in [0.2, 0.25) is 5.95 Å². The van der Waals surface area contributed by atoms with Gasteiger partial charge in [-0.2, -0.15) is 0 Å². The topological polar surface area (TPSA) is 75.1 Å². The van der Waals surface area contributed by atoms with Crippen molar-refractivity contribution in [3.63, 3.8) is 0 Å². The van der Waals surface area contributed by atoms with Gasteiger partial charge in [0, 0.05) is 22.5 Å². The molecule has 0 saturated carbocycles. The maximum atomic E-state index is 11.0. The second-order valence-electron chi connectivity index (χ2n) is 5.24. The van der Waals surface area contributed by atoms with E-state index in [2.05, 4.69) is 35.2 Å². The van der Waals surface area contributed by atoms with Gasteiger partial charge in [0.25, 0.3) is 0 Å². The summed E-state index contributed by atoms with van der Waals surface area (Å²) in [6.45, 7) is 6.64. The molecular weight excluding hydrogens is 274 g/mol. The quantitative estimate of drug-likeness (QED) is 0.886. The number of carbonyl (C=O) groups is 1. The highest BCUT2D eigenvalue weighted by atomic mass is 32.1. The normalized spacial score (nSPS) is 11.3. The highest BCUT2D eigenvalue weighted by molar-refractivity contribution is 7.10. The van der Waals surface area contributed by atoms with Crippen molar-refractivity contribution in [3.05, 3.63) is 39.8 Å². The van der Waals surface area contributed by atoms with E-state index in [-0.39, 0.29) is 11.1 Å². The van der Waals surface area contributed by atoms with Crippen LogP contribution in [0.25, 0.3) is 0 Å². The van der Waals surface area contributed by atoms with E-state index in [1.165, 1.54) is 10.9 Å². The lowest BCUT2D eigenvalue weighted by Gasteiger charge is -2.23. The van der Waals surface area contributed by atoms with Crippen LogP contribution in [0.2, 0.25) is 0 Å². The zero-order valence-corrected chi connectivity index (χ0v) is 12.5. The summed E-state index contributed by atoms with van der Waals surface area (Å²) in [6, 6.07) is 5.57. The SMILES string of the molecule is Cc1cc(C(=O)O)nc(NCC(C)(C)c2cccs2)n1. The van der Waals surface area contributed by atoms with Crippen molar-refractivity contribution in [2.24, 2.45) is 0 Å². The monoisotopic (exact) mass is 291 g/mol. The first-order valence-corrected chi connectivity index (χ1v) is 7.13. The van der Waals surface area contributed by atoms with Crippen molar-refractivity contribution in [3.8, 4) is 0 Å². The Balaban J connectivity index is 2.13. The average Bonchev–Trinajstić information content (AvgIpc) is 2.90. The van der Waals surface area contributed by atoms with Crippen molar-refractivity contribution in [2.75, 3.05) is 11.9 Å². The molecule has 0 aromatic carbocycles. The van der Waals surface area contributed by atoms with Crippen molar-refractivity contribution in [2.45, 2.75) is 26.2 Å². The van der Waals surface area contributed by atoms with Crippen LogP contribution < -0.4 is 5.32 Å². The molecule has 2 rings (SSSR count). The van der Waals surface area contributed by atoms with Gasteiger partial charge in [0.1, 0.15) is 0 Å². The Bertz CT molecular complexity index is 609. The first kappa shape index (κ1) is 14.5. The second kappa shape index (κ2) is 5.58.